The zero-order chi connectivity index (χ0) is 14.4. The standard InChI is InChI=1S/C16H24N2O/c1-5-12(3)11-18(6-2)16-9-14(10-17)7-8-15(16)13(4)19/h7-9,12-13,19H,5-6,11H2,1-4H3/t12?,13-/m0/s1. The van der Waals surface area contributed by atoms with Crippen molar-refractivity contribution in [2.75, 3.05) is 18.0 Å². The van der Waals surface area contributed by atoms with Crippen molar-refractivity contribution in [2.45, 2.75) is 40.2 Å². The highest BCUT2D eigenvalue weighted by atomic mass is 16.3. The van der Waals surface area contributed by atoms with E-state index in [1.54, 1.807) is 13.0 Å². The molecular formula is C16H24N2O. The number of hydrogen-bond acceptors (Lipinski definition) is 3. The van der Waals surface area contributed by atoms with E-state index < -0.39 is 6.10 Å². The lowest BCUT2D eigenvalue weighted by Gasteiger charge is -2.29. The molecule has 2 atom stereocenters. The molecule has 0 heterocycles. The number of benzene rings is 1. The first-order chi connectivity index (χ1) is 9.03. The van der Waals surface area contributed by atoms with Gasteiger partial charge in [0.25, 0.3) is 0 Å². The first-order valence-corrected chi connectivity index (χ1v) is 7.00. The van der Waals surface area contributed by atoms with Crippen LogP contribution in [0.1, 0.15) is 51.3 Å². The van der Waals surface area contributed by atoms with Gasteiger partial charge < -0.3 is 10.0 Å². The third kappa shape index (κ3) is 3.97. The fourth-order valence-corrected chi connectivity index (χ4v) is 2.14. The van der Waals surface area contributed by atoms with Gasteiger partial charge in [-0.2, -0.15) is 5.26 Å². The van der Waals surface area contributed by atoms with Gasteiger partial charge in [-0.3, -0.25) is 0 Å². The smallest absolute Gasteiger partial charge is 0.0992 e. The molecule has 1 rings (SSSR count). The van der Waals surface area contributed by atoms with E-state index >= 15 is 0 Å². The third-order valence-corrected chi connectivity index (χ3v) is 3.56. The van der Waals surface area contributed by atoms with Crippen LogP contribution >= 0.6 is 0 Å². The van der Waals surface area contributed by atoms with Crippen LogP contribution in [-0.2, 0) is 0 Å². The minimum Gasteiger partial charge on any atom is -0.389 e. The van der Waals surface area contributed by atoms with Crippen LogP contribution in [0.3, 0.4) is 0 Å². The number of hydrogen-bond donors (Lipinski definition) is 1. The van der Waals surface area contributed by atoms with Crippen molar-refractivity contribution < 1.29 is 5.11 Å². The summed E-state index contributed by atoms with van der Waals surface area (Å²) in [5.41, 5.74) is 2.52. The van der Waals surface area contributed by atoms with E-state index in [-0.39, 0.29) is 0 Å². The Labute approximate surface area is 116 Å². The maximum Gasteiger partial charge on any atom is 0.0992 e. The predicted molar refractivity (Wildman–Crippen MR) is 79.1 cm³/mol. The van der Waals surface area contributed by atoms with Gasteiger partial charge in [0, 0.05) is 24.3 Å². The highest BCUT2D eigenvalue weighted by Gasteiger charge is 2.15. The fourth-order valence-electron chi connectivity index (χ4n) is 2.14. The molecule has 0 aliphatic carbocycles. The van der Waals surface area contributed by atoms with Crippen LogP contribution in [0.15, 0.2) is 18.2 Å². The third-order valence-electron chi connectivity index (χ3n) is 3.56. The Morgan fingerprint density at radius 2 is 2.00 bits per heavy atom. The molecule has 3 heteroatoms. The molecule has 0 bridgehead atoms. The van der Waals surface area contributed by atoms with E-state index in [0.29, 0.717) is 11.5 Å². The summed E-state index contributed by atoms with van der Waals surface area (Å²) in [6.07, 6.45) is 0.604. The van der Waals surface area contributed by atoms with Crippen LogP contribution in [0.4, 0.5) is 5.69 Å². The molecule has 0 spiro atoms. The van der Waals surface area contributed by atoms with E-state index in [4.69, 9.17) is 5.26 Å². The molecule has 19 heavy (non-hydrogen) atoms. The minimum absolute atomic E-state index is 0.520. The Balaban J connectivity index is 3.16. The van der Waals surface area contributed by atoms with Crippen LogP contribution in [-0.4, -0.2) is 18.2 Å². The summed E-state index contributed by atoms with van der Waals surface area (Å²) in [6.45, 7) is 10.1. The van der Waals surface area contributed by atoms with Crippen molar-refractivity contribution in [1.82, 2.24) is 0 Å². The summed E-state index contributed by atoms with van der Waals surface area (Å²) < 4.78 is 0. The number of nitriles is 1. The highest BCUT2D eigenvalue weighted by Crippen LogP contribution is 2.28. The predicted octanol–water partition coefficient (Wildman–Crippen LogP) is 3.48. The fraction of sp³-hybridized carbons (Fsp3) is 0.562. The zero-order valence-electron chi connectivity index (χ0n) is 12.3. The van der Waals surface area contributed by atoms with Crippen molar-refractivity contribution in [3.05, 3.63) is 29.3 Å². The van der Waals surface area contributed by atoms with Gasteiger partial charge in [0.2, 0.25) is 0 Å². The molecule has 0 amide bonds. The Morgan fingerprint density at radius 1 is 1.32 bits per heavy atom. The van der Waals surface area contributed by atoms with Crippen LogP contribution in [0.25, 0.3) is 0 Å². The van der Waals surface area contributed by atoms with E-state index in [9.17, 15) is 5.11 Å². The lowest BCUT2D eigenvalue weighted by atomic mass is 10.0. The Kier molecular flexibility index (Phi) is 5.85. The number of rotatable bonds is 6. The van der Waals surface area contributed by atoms with Crippen LogP contribution < -0.4 is 4.90 Å². The molecule has 104 valence electrons. The van der Waals surface area contributed by atoms with E-state index in [1.165, 1.54) is 0 Å². The monoisotopic (exact) mass is 260 g/mol. The van der Waals surface area contributed by atoms with Gasteiger partial charge in [0.15, 0.2) is 0 Å². The number of aliphatic hydroxyl groups is 1. The Hall–Kier alpha value is -1.53. The molecule has 0 saturated heterocycles. The SMILES string of the molecule is CCC(C)CN(CC)c1cc(C#N)ccc1[C@H](C)O. The summed E-state index contributed by atoms with van der Waals surface area (Å²) in [5.74, 6) is 0.590. The molecule has 1 aromatic rings. The first-order valence-electron chi connectivity index (χ1n) is 7.00. The largest absolute Gasteiger partial charge is 0.389 e. The van der Waals surface area contributed by atoms with Crippen LogP contribution in [0.2, 0.25) is 0 Å². The van der Waals surface area contributed by atoms with Crippen molar-refractivity contribution in [3.63, 3.8) is 0 Å². The summed E-state index contributed by atoms with van der Waals surface area (Å²) in [6, 6.07) is 7.68. The molecular weight excluding hydrogens is 236 g/mol. The molecule has 1 aromatic carbocycles. The Morgan fingerprint density at radius 3 is 2.47 bits per heavy atom. The van der Waals surface area contributed by atoms with Gasteiger partial charge in [0.1, 0.15) is 0 Å². The molecule has 0 radical (unpaired) electrons. The van der Waals surface area contributed by atoms with Crippen molar-refractivity contribution in [1.29, 1.82) is 5.26 Å². The maximum atomic E-state index is 9.89. The first kappa shape index (κ1) is 15.5. The van der Waals surface area contributed by atoms with Crippen LogP contribution in [0.5, 0.6) is 0 Å². The molecule has 1 N–H and O–H groups in total. The van der Waals surface area contributed by atoms with Crippen molar-refractivity contribution in [2.24, 2.45) is 5.92 Å². The van der Waals surface area contributed by atoms with E-state index in [0.717, 1.165) is 30.8 Å². The molecule has 0 aliphatic heterocycles. The van der Waals surface area contributed by atoms with Crippen molar-refractivity contribution >= 4 is 5.69 Å². The summed E-state index contributed by atoms with van der Waals surface area (Å²) in [5, 5.41) is 18.9. The number of aliphatic hydroxyl groups excluding tert-OH is 1. The normalized spacial score (nSPS) is 13.7. The summed E-state index contributed by atoms with van der Waals surface area (Å²) in [4.78, 5) is 2.25. The number of anilines is 1. The molecule has 0 fully saturated rings. The van der Waals surface area contributed by atoms with E-state index in [1.807, 2.05) is 12.1 Å². The molecule has 0 saturated carbocycles. The van der Waals surface area contributed by atoms with Gasteiger partial charge in [-0.25, -0.2) is 0 Å². The highest BCUT2D eigenvalue weighted by molar-refractivity contribution is 5.58. The molecule has 0 aromatic heterocycles. The quantitative estimate of drug-likeness (QED) is 0.851. The van der Waals surface area contributed by atoms with E-state index in [2.05, 4.69) is 31.7 Å². The lowest BCUT2D eigenvalue weighted by molar-refractivity contribution is 0.199. The zero-order valence-corrected chi connectivity index (χ0v) is 12.3. The Bertz CT molecular complexity index is 449. The van der Waals surface area contributed by atoms with Gasteiger partial charge in [-0.05, 0) is 31.9 Å². The van der Waals surface area contributed by atoms with Crippen LogP contribution in [0, 0.1) is 17.2 Å². The molecule has 0 aliphatic rings. The molecule has 1 unspecified atom stereocenters. The molecule has 3 nitrogen and oxygen atoms in total. The maximum absolute atomic E-state index is 9.89. The van der Waals surface area contributed by atoms with Gasteiger partial charge in [-0.15, -0.1) is 0 Å². The van der Waals surface area contributed by atoms with Gasteiger partial charge in [0.05, 0.1) is 17.7 Å². The summed E-state index contributed by atoms with van der Waals surface area (Å²) in [7, 11) is 0. The lowest BCUT2D eigenvalue weighted by Crippen LogP contribution is -2.29. The van der Waals surface area contributed by atoms with Gasteiger partial charge >= 0.3 is 0 Å². The van der Waals surface area contributed by atoms with Crippen molar-refractivity contribution in [3.8, 4) is 6.07 Å². The average molecular weight is 260 g/mol. The summed E-state index contributed by atoms with van der Waals surface area (Å²) >= 11 is 0. The minimum atomic E-state index is -0.520. The average Bonchev–Trinajstić information content (AvgIpc) is 2.43. The van der Waals surface area contributed by atoms with Gasteiger partial charge in [-0.1, -0.05) is 26.3 Å². The second-order valence-electron chi connectivity index (χ2n) is 5.11. The second-order valence-corrected chi connectivity index (χ2v) is 5.11. The number of nitrogens with zero attached hydrogens (tertiary/aromatic N) is 2. The topological polar surface area (TPSA) is 47.3 Å². The second kappa shape index (κ2) is 7.16.